The summed E-state index contributed by atoms with van der Waals surface area (Å²) in [6.07, 6.45) is -6.15. The van der Waals surface area contributed by atoms with Gasteiger partial charge in [0.2, 0.25) is 0 Å². The van der Waals surface area contributed by atoms with Crippen LogP contribution in [0.1, 0.15) is 24.5 Å². The lowest BCUT2D eigenvalue weighted by Gasteiger charge is -2.36. The van der Waals surface area contributed by atoms with Gasteiger partial charge >= 0.3 is 6.18 Å². The van der Waals surface area contributed by atoms with Gasteiger partial charge in [-0.3, -0.25) is 3.97 Å². The number of fused-ring (bicyclic) bond motifs is 1. The number of hydrogen-bond donors (Lipinski definition) is 0. The van der Waals surface area contributed by atoms with Crippen molar-refractivity contribution in [3.8, 4) is 5.75 Å². The predicted octanol–water partition coefficient (Wildman–Crippen LogP) is 6.30. The van der Waals surface area contributed by atoms with Gasteiger partial charge in [0.1, 0.15) is 5.75 Å². The van der Waals surface area contributed by atoms with E-state index in [-0.39, 0.29) is 16.5 Å². The smallest absolute Gasteiger partial charge is 0.416 e. The summed E-state index contributed by atoms with van der Waals surface area (Å²) in [4.78, 5) is 5.26. The van der Waals surface area contributed by atoms with E-state index in [2.05, 4.69) is 16.7 Å². The highest BCUT2D eigenvalue weighted by Gasteiger charge is 2.31. The van der Waals surface area contributed by atoms with Crippen molar-refractivity contribution in [2.24, 2.45) is 0 Å². The first kappa shape index (κ1) is 23.7. The van der Waals surface area contributed by atoms with Crippen molar-refractivity contribution >= 4 is 28.5 Å². The molecule has 4 rings (SSSR count). The van der Waals surface area contributed by atoms with E-state index >= 15 is 0 Å². The normalized spacial score (nSPS) is 15.6. The van der Waals surface area contributed by atoms with Crippen molar-refractivity contribution in [3.05, 3.63) is 53.7 Å². The molecule has 178 valence electrons. The number of methoxy groups -OCH3 is 1. The average Bonchev–Trinajstić information content (AvgIpc) is 3.16. The molecule has 0 saturated carbocycles. The van der Waals surface area contributed by atoms with Crippen molar-refractivity contribution in [1.29, 1.82) is 0 Å². The van der Waals surface area contributed by atoms with Crippen molar-refractivity contribution in [2.45, 2.75) is 24.4 Å². The number of likely N-dealkylation sites (N-methyl/N-ethyl adjacent to an activating group) is 1. The lowest BCUT2D eigenvalue weighted by atomic mass is 10.1. The van der Waals surface area contributed by atoms with Crippen LogP contribution in [0, 0.1) is 0 Å². The van der Waals surface area contributed by atoms with E-state index in [1.54, 1.807) is 19.2 Å². The monoisotopic (exact) mass is 485 g/mol. The third kappa shape index (κ3) is 4.91. The molecule has 3 aromatic rings. The van der Waals surface area contributed by atoms with Gasteiger partial charge in [-0.1, -0.05) is 13.0 Å². The van der Waals surface area contributed by atoms with Crippen molar-refractivity contribution in [3.63, 3.8) is 0 Å². The number of aromatic nitrogens is 1. The summed E-state index contributed by atoms with van der Waals surface area (Å²) in [5.41, 5.74) is -0.200. The Kier molecular flexibility index (Phi) is 6.76. The van der Waals surface area contributed by atoms with Crippen LogP contribution in [-0.4, -0.2) is 48.7 Å². The summed E-state index contributed by atoms with van der Waals surface area (Å²) < 4.78 is 73.8. The van der Waals surface area contributed by atoms with E-state index in [1.165, 1.54) is 10.2 Å². The Labute approximate surface area is 193 Å². The molecular weight excluding hydrogens is 461 g/mol. The fourth-order valence-corrected chi connectivity index (χ4v) is 4.98. The molecule has 0 N–H and O–H groups in total. The van der Waals surface area contributed by atoms with Gasteiger partial charge in [0.05, 0.1) is 23.9 Å². The number of nitrogens with zero attached hydrogens (tertiary/aromatic N) is 3. The zero-order valence-electron chi connectivity index (χ0n) is 18.2. The summed E-state index contributed by atoms with van der Waals surface area (Å²) in [5.74, 6) is 0.689. The van der Waals surface area contributed by atoms with E-state index < -0.39 is 18.2 Å². The zero-order chi connectivity index (χ0) is 23.8. The van der Waals surface area contributed by atoms with Crippen LogP contribution < -0.4 is 9.64 Å². The van der Waals surface area contributed by atoms with Crippen LogP contribution in [0.4, 0.5) is 27.6 Å². The number of alkyl halides is 5. The quantitative estimate of drug-likeness (QED) is 0.382. The minimum absolute atomic E-state index is 0.0963. The van der Waals surface area contributed by atoms with Crippen molar-refractivity contribution in [1.82, 2.24) is 8.87 Å². The molecule has 4 nitrogen and oxygen atoms in total. The Hall–Kier alpha value is -2.46. The fourth-order valence-electron chi connectivity index (χ4n) is 4.04. The largest absolute Gasteiger partial charge is 0.495 e. The fraction of sp³-hybridized carbons (Fsp3) is 0.391. The number of halogens is 5. The lowest BCUT2D eigenvalue weighted by molar-refractivity contribution is -0.137. The Balaban J connectivity index is 1.70. The molecule has 2 aromatic carbocycles. The van der Waals surface area contributed by atoms with Gasteiger partial charge in [0.25, 0.3) is 6.43 Å². The summed E-state index contributed by atoms with van der Waals surface area (Å²) in [6, 6.07) is 8.34. The average molecular weight is 486 g/mol. The van der Waals surface area contributed by atoms with Gasteiger partial charge in [0.15, 0.2) is 0 Å². The van der Waals surface area contributed by atoms with Gasteiger partial charge < -0.3 is 14.5 Å². The number of hydrogen-bond acceptors (Lipinski definition) is 4. The molecule has 2 heterocycles. The molecule has 1 aromatic heterocycles. The van der Waals surface area contributed by atoms with Crippen LogP contribution in [0.25, 0.3) is 10.9 Å². The van der Waals surface area contributed by atoms with E-state index in [4.69, 9.17) is 4.74 Å². The van der Waals surface area contributed by atoms with E-state index in [9.17, 15) is 22.0 Å². The van der Waals surface area contributed by atoms with Crippen molar-refractivity contribution in [2.75, 3.05) is 44.7 Å². The second-order valence-corrected chi connectivity index (χ2v) is 8.83. The minimum atomic E-state index is -4.56. The van der Waals surface area contributed by atoms with E-state index in [0.29, 0.717) is 10.6 Å². The summed E-state index contributed by atoms with van der Waals surface area (Å²) in [7, 11) is 1.58. The second kappa shape index (κ2) is 9.42. The molecule has 1 aliphatic rings. The molecule has 1 aliphatic heterocycles. The number of anilines is 1. The standard InChI is InChI=1S/C23H24F5N3OS/c1-3-29-8-10-30(11-9-29)20-13-16(5-7-21(20)32-2)33-31-14-18(22(24)25)17-6-4-15(12-19(17)31)23(26,27)28/h4-7,12-14,22H,3,8-11H2,1-2H3. The molecule has 1 fully saturated rings. The number of rotatable bonds is 6. The molecule has 0 spiro atoms. The number of piperazine rings is 1. The van der Waals surface area contributed by atoms with Crippen LogP contribution >= 0.6 is 11.9 Å². The van der Waals surface area contributed by atoms with E-state index in [1.807, 2.05) is 6.07 Å². The molecule has 0 radical (unpaired) electrons. The highest BCUT2D eigenvalue weighted by Crippen LogP contribution is 2.40. The summed E-state index contributed by atoms with van der Waals surface area (Å²) in [5, 5.41) is 0.106. The molecule has 0 atom stereocenters. The predicted molar refractivity (Wildman–Crippen MR) is 120 cm³/mol. The maximum atomic E-state index is 13.6. The Bertz CT molecular complexity index is 1120. The van der Waals surface area contributed by atoms with E-state index in [0.717, 1.165) is 68.6 Å². The molecule has 10 heteroatoms. The first-order valence-electron chi connectivity index (χ1n) is 10.5. The molecule has 0 unspecified atom stereocenters. The van der Waals surface area contributed by atoms with Gasteiger partial charge in [-0.2, -0.15) is 13.2 Å². The Morgan fingerprint density at radius 2 is 1.76 bits per heavy atom. The molecular formula is C23H24F5N3OS. The third-order valence-corrected chi connectivity index (χ3v) is 6.84. The Morgan fingerprint density at radius 3 is 2.36 bits per heavy atom. The lowest BCUT2D eigenvalue weighted by Crippen LogP contribution is -2.46. The highest BCUT2D eigenvalue weighted by atomic mass is 32.2. The van der Waals surface area contributed by atoms with Crippen molar-refractivity contribution < 1.29 is 26.7 Å². The number of benzene rings is 2. The van der Waals surface area contributed by atoms with Crippen LogP contribution in [0.15, 0.2) is 47.5 Å². The van der Waals surface area contributed by atoms with Gasteiger partial charge in [-0.05, 0) is 48.8 Å². The highest BCUT2D eigenvalue weighted by molar-refractivity contribution is 7.98. The zero-order valence-corrected chi connectivity index (χ0v) is 19.0. The third-order valence-electron chi connectivity index (χ3n) is 5.88. The summed E-state index contributed by atoms with van der Waals surface area (Å²) >= 11 is 1.10. The van der Waals surface area contributed by atoms with Crippen LogP contribution in [0.3, 0.4) is 0 Å². The first-order valence-corrected chi connectivity index (χ1v) is 11.3. The van der Waals surface area contributed by atoms with Crippen LogP contribution in [-0.2, 0) is 6.18 Å². The SMILES string of the molecule is CCN1CCN(c2cc(Sn3cc(C(F)F)c4ccc(C(F)(F)F)cc43)ccc2OC)CC1. The molecule has 0 bridgehead atoms. The maximum absolute atomic E-state index is 13.6. The molecule has 33 heavy (non-hydrogen) atoms. The minimum Gasteiger partial charge on any atom is -0.495 e. The molecule has 0 aliphatic carbocycles. The first-order chi connectivity index (χ1) is 15.7. The van der Waals surface area contributed by atoms with Gasteiger partial charge in [0, 0.05) is 48.2 Å². The van der Waals surface area contributed by atoms with Gasteiger partial charge in [-0.25, -0.2) is 8.78 Å². The second-order valence-electron chi connectivity index (χ2n) is 7.79. The van der Waals surface area contributed by atoms with Gasteiger partial charge in [-0.15, -0.1) is 0 Å². The topological polar surface area (TPSA) is 20.6 Å². The summed E-state index contributed by atoms with van der Waals surface area (Å²) in [6.45, 7) is 6.56. The number of ether oxygens (including phenoxy) is 1. The Morgan fingerprint density at radius 1 is 1.03 bits per heavy atom. The molecule has 1 saturated heterocycles. The van der Waals surface area contributed by atoms with Crippen LogP contribution in [0.5, 0.6) is 5.75 Å². The molecule has 0 amide bonds. The maximum Gasteiger partial charge on any atom is 0.416 e. The van der Waals surface area contributed by atoms with Crippen LogP contribution in [0.2, 0.25) is 0 Å².